The molecule has 1 aromatic rings. The average Bonchev–Trinajstić information content (AvgIpc) is 2.61. The molecule has 1 heterocycles. The number of benzene rings is 1. The van der Waals surface area contributed by atoms with Gasteiger partial charge in [0.15, 0.2) is 0 Å². The quantitative estimate of drug-likeness (QED) is 0.568. The predicted octanol–water partition coefficient (Wildman–Crippen LogP) is 2.02. The van der Waals surface area contributed by atoms with Gasteiger partial charge in [-0.3, -0.25) is 9.59 Å². The minimum Gasteiger partial charge on any atom is -0.457 e. The summed E-state index contributed by atoms with van der Waals surface area (Å²) in [7, 11) is 0. The number of ketones is 1. The lowest BCUT2D eigenvalue weighted by molar-refractivity contribution is -0.146. The second-order valence-electron chi connectivity index (χ2n) is 3.85. The third-order valence-corrected chi connectivity index (χ3v) is 2.74. The van der Waals surface area contributed by atoms with Crippen LogP contribution in [0.4, 0.5) is 4.39 Å². The molecule has 3 nitrogen and oxygen atoms in total. The summed E-state index contributed by atoms with van der Waals surface area (Å²) >= 11 is 0. The van der Waals surface area contributed by atoms with Crippen LogP contribution in [0.1, 0.15) is 25.0 Å². The van der Waals surface area contributed by atoms with Gasteiger partial charge < -0.3 is 4.74 Å². The Labute approximate surface area is 92.2 Å². The maximum Gasteiger partial charge on any atom is 0.317 e. The lowest BCUT2D eigenvalue weighted by Gasteiger charge is -2.09. The fraction of sp³-hybridized carbons (Fsp3) is 0.333. The molecule has 1 saturated heterocycles. The molecule has 0 aliphatic carbocycles. The van der Waals surface area contributed by atoms with E-state index in [0.29, 0.717) is 5.56 Å². The second-order valence-corrected chi connectivity index (χ2v) is 3.85. The highest BCUT2D eigenvalue weighted by Gasteiger charge is 2.39. The molecule has 2 unspecified atom stereocenters. The van der Waals surface area contributed by atoms with Crippen LogP contribution in [0.2, 0.25) is 0 Å². The number of hydrogen-bond acceptors (Lipinski definition) is 3. The van der Waals surface area contributed by atoms with E-state index in [1.807, 2.05) is 0 Å². The number of cyclic esters (lactones) is 1. The maximum absolute atomic E-state index is 13.4. The zero-order valence-electron chi connectivity index (χ0n) is 8.77. The Morgan fingerprint density at radius 1 is 1.44 bits per heavy atom. The lowest BCUT2D eigenvalue weighted by atomic mass is 9.97. The summed E-state index contributed by atoms with van der Waals surface area (Å²) in [5.74, 6) is -1.95. The number of carbonyl (C=O) groups excluding carboxylic acids is 2. The highest BCUT2D eigenvalue weighted by atomic mass is 19.1. The fourth-order valence-electron chi connectivity index (χ4n) is 1.84. The standard InChI is InChI=1S/C12H11FO3/c1-7(14)9-6-11(16-12(9)15)8-4-2-3-5-10(8)13/h2-5,9,11H,6H2,1H3. The first-order valence-electron chi connectivity index (χ1n) is 5.05. The summed E-state index contributed by atoms with van der Waals surface area (Å²) in [6.45, 7) is 1.34. The van der Waals surface area contributed by atoms with E-state index < -0.39 is 23.8 Å². The zero-order valence-corrected chi connectivity index (χ0v) is 8.77. The first kappa shape index (κ1) is 10.8. The minimum absolute atomic E-state index is 0.231. The SMILES string of the molecule is CC(=O)C1CC(c2ccccc2F)OC1=O. The number of halogens is 1. The van der Waals surface area contributed by atoms with Gasteiger partial charge in [0.1, 0.15) is 23.6 Å². The largest absolute Gasteiger partial charge is 0.457 e. The van der Waals surface area contributed by atoms with Gasteiger partial charge in [-0.2, -0.15) is 0 Å². The Kier molecular flexibility index (Phi) is 2.73. The van der Waals surface area contributed by atoms with Crippen molar-refractivity contribution in [3.63, 3.8) is 0 Å². The van der Waals surface area contributed by atoms with Crippen molar-refractivity contribution in [1.82, 2.24) is 0 Å². The van der Waals surface area contributed by atoms with Gasteiger partial charge in [-0.25, -0.2) is 4.39 Å². The summed E-state index contributed by atoms with van der Waals surface area (Å²) in [5, 5.41) is 0. The molecule has 1 aromatic carbocycles. The van der Waals surface area contributed by atoms with Gasteiger partial charge in [0, 0.05) is 12.0 Å². The van der Waals surface area contributed by atoms with Crippen molar-refractivity contribution in [3.05, 3.63) is 35.6 Å². The monoisotopic (exact) mass is 222 g/mol. The molecular weight excluding hydrogens is 211 g/mol. The van der Waals surface area contributed by atoms with Crippen LogP contribution in [-0.4, -0.2) is 11.8 Å². The molecule has 2 rings (SSSR count). The second kappa shape index (κ2) is 4.04. The lowest BCUT2D eigenvalue weighted by Crippen LogP contribution is -2.15. The van der Waals surface area contributed by atoms with Crippen molar-refractivity contribution >= 4 is 11.8 Å². The molecule has 0 aromatic heterocycles. The number of carbonyl (C=O) groups is 2. The van der Waals surface area contributed by atoms with E-state index in [0.717, 1.165) is 0 Å². The van der Waals surface area contributed by atoms with Gasteiger partial charge in [-0.15, -0.1) is 0 Å². The maximum atomic E-state index is 13.4. The van der Waals surface area contributed by atoms with Crippen molar-refractivity contribution < 1.29 is 18.7 Å². The molecular formula is C12H11FO3. The molecule has 4 heteroatoms. The Bertz CT molecular complexity index is 442. The van der Waals surface area contributed by atoms with Crippen molar-refractivity contribution in [2.75, 3.05) is 0 Å². The van der Waals surface area contributed by atoms with Gasteiger partial charge in [0.2, 0.25) is 0 Å². The fourth-order valence-corrected chi connectivity index (χ4v) is 1.84. The molecule has 1 fully saturated rings. The Morgan fingerprint density at radius 2 is 2.12 bits per heavy atom. The Hall–Kier alpha value is -1.71. The van der Waals surface area contributed by atoms with Crippen LogP contribution in [0.25, 0.3) is 0 Å². The van der Waals surface area contributed by atoms with Crippen molar-refractivity contribution in [3.8, 4) is 0 Å². The van der Waals surface area contributed by atoms with Gasteiger partial charge in [-0.05, 0) is 13.0 Å². The van der Waals surface area contributed by atoms with E-state index in [9.17, 15) is 14.0 Å². The first-order valence-corrected chi connectivity index (χ1v) is 5.05. The summed E-state index contributed by atoms with van der Waals surface area (Å²) in [6.07, 6.45) is -0.405. The van der Waals surface area contributed by atoms with E-state index >= 15 is 0 Å². The molecule has 0 spiro atoms. The number of rotatable bonds is 2. The van der Waals surface area contributed by atoms with E-state index in [1.54, 1.807) is 18.2 Å². The third kappa shape index (κ3) is 1.83. The first-order chi connectivity index (χ1) is 7.59. The number of ether oxygens (including phenoxy) is 1. The zero-order chi connectivity index (χ0) is 11.7. The van der Waals surface area contributed by atoms with Crippen molar-refractivity contribution in [2.24, 2.45) is 5.92 Å². The molecule has 0 saturated carbocycles. The molecule has 1 aliphatic rings. The normalized spacial score (nSPS) is 24.2. The Morgan fingerprint density at radius 3 is 2.69 bits per heavy atom. The van der Waals surface area contributed by atoms with E-state index in [1.165, 1.54) is 13.0 Å². The number of hydrogen-bond donors (Lipinski definition) is 0. The topological polar surface area (TPSA) is 43.4 Å². The van der Waals surface area contributed by atoms with Crippen LogP contribution in [0.5, 0.6) is 0 Å². The number of Topliss-reactive ketones (excluding diaryl/α,β-unsaturated/α-hetero) is 1. The van der Waals surface area contributed by atoms with Crippen molar-refractivity contribution in [1.29, 1.82) is 0 Å². The Balaban J connectivity index is 2.24. The van der Waals surface area contributed by atoms with Crippen LogP contribution in [0.15, 0.2) is 24.3 Å². The molecule has 16 heavy (non-hydrogen) atoms. The van der Waals surface area contributed by atoms with Gasteiger partial charge in [0.05, 0.1) is 0 Å². The van der Waals surface area contributed by atoms with Gasteiger partial charge >= 0.3 is 5.97 Å². The van der Waals surface area contributed by atoms with Crippen LogP contribution < -0.4 is 0 Å². The van der Waals surface area contributed by atoms with Gasteiger partial charge in [-0.1, -0.05) is 18.2 Å². The molecule has 0 amide bonds. The van der Waals surface area contributed by atoms with Crippen LogP contribution in [-0.2, 0) is 14.3 Å². The van der Waals surface area contributed by atoms with Crippen LogP contribution in [0.3, 0.4) is 0 Å². The smallest absolute Gasteiger partial charge is 0.317 e. The molecule has 2 atom stereocenters. The minimum atomic E-state index is -0.746. The molecule has 84 valence electrons. The van der Waals surface area contributed by atoms with E-state index in [2.05, 4.69) is 0 Å². The van der Waals surface area contributed by atoms with E-state index in [-0.39, 0.29) is 12.2 Å². The van der Waals surface area contributed by atoms with Gasteiger partial charge in [0.25, 0.3) is 0 Å². The predicted molar refractivity (Wildman–Crippen MR) is 54.0 cm³/mol. The highest BCUT2D eigenvalue weighted by Crippen LogP contribution is 2.34. The van der Waals surface area contributed by atoms with E-state index in [4.69, 9.17) is 4.74 Å². The van der Waals surface area contributed by atoms with Crippen molar-refractivity contribution in [2.45, 2.75) is 19.4 Å². The summed E-state index contributed by atoms with van der Waals surface area (Å²) < 4.78 is 18.4. The molecule has 1 aliphatic heterocycles. The summed E-state index contributed by atoms with van der Waals surface area (Å²) in [4.78, 5) is 22.5. The molecule has 0 bridgehead atoms. The third-order valence-electron chi connectivity index (χ3n) is 2.74. The summed E-state index contributed by atoms with van der Waals surface area (Å²) in [5.41, 5.74) is 0.333. The molecule has 0 radical (unpaired) electrons. The summed E-state index contributed by atoms with van der Waals surface area (Å²) in [6, 6.07) is 6.12. The molecule has 0 N–H and O–H groups in total. The highest BCUT2D eigenvalue weighted by molar-refractivity contribution is 5.98. The number of esters is 1. The van der Waals surface area contributed by atoms with Crippen LogP contribution >= 0.6 is 0 Å². The average molecular weight is 222 g/mol. The van der Waals surface area contributed by atoms with Crippen LogP contribution in [0, 0.1) is 11.7 Å².